The maximum Gasteiger partial charge on any atom is 0.308 e. The van der Waals surface area contributed by atoms with E-state index in [2.05, 4.69) is 15.7 Å². The van der Waals surface area contributed by atoms with Crippen molar-refractivity contribution in [3.8, 4) is 0 Å². The number of nitrogens with zero attached hydrogens (tertiary/aromatic N) is 2. The summed E-state index contributed by atoms with van der Waals surface area (Å²) < 4.78 is 1.42. The molecule has 0 spiro atoms. The van der Waals surface area contributed by atoms with Crippen LogP contribution in [0.4, 0.5) is 0 Å². The molecular weight excluding hydrogens is 336 g/mol. The Morgan fingerprint density at radius 1 is 1.31 bits per heavy atom. The lowest BCUT2D eigenvalue weighted by Gasteiger charge is -2.22. The number of carboxylic acid groups (broad SMARTS) is 1. The van der Waals surface area contributed by atoms with E-state index in [0.29, 0.717) is 12.0 Å². The number of carbonyl (C=O) groups excluding carboxylic acids is 2. The van der Waals surface area contributed by atoms with Gasteiger partial charge >= 0.3 is 5.97 Å². The highest BCUT2D eigenvalue weighted by molar-refractivity contribution is 5.94. The molecule has 2 amide bonds. The van der Waals surface area contributed by atoms with Crippen molar-refractivity contribution in [2.24, 2.45) is 5.92 Å². The van der Waals surface area contributed by atoms with Crippen LogP contribution in [0.2, 0.25) is 0 Å². The molecule has 0 radical (unpaired) electrons. The third kappa shape index (κ3) is 6.16. The zero-order valence-electron chi connectivity index (χ0n) is 15.2. The second-order valence-electron chi connectivity index (χ2n) is 6.86. The van der Waals surface area contributed by atoms with E-state index in [-0.39, 0.29) is 30.9 Å². The molecule has 8 heteroatoms. The number of hydrogen-bond donors (Lipinski definition) is 3. The summed E-state index contributed by atoms with van der Waals surface area (Å²) in [5, 5.41) is 18.8. The van der Waals surface area contributed by atoms with Crippen LogP contribution in [-0.2, 0) is 16.1 Å². The van der Waals surface area contributed by atoms with E-state index in [4.69, 9.17) is 5.11 Å². The Balaban J connectivity index is 1.81. The molecule has 1 aliphatic rings. The van der Waals surface area contributed by atoms with Crippen molar-refractivity contribution in [3.63, 3.8) is 0 Å². The first-order valence-electron chi connectivity index (χ1n) is 9.32. The topological polar surface area (TPSA) is 113 Å². The van der Waals surface area contributed by atoms with Crippen molar-refractivity contribution in [2.75, 3.05) is 6.54 Å². The van der Waals surface area contributed by atoms with Gasteiger partial charge in [0.15, 0.2) is 0 Å². The third-order valence-corrected chi connectivity index (χ3v) is 4.67. The van der Waals surface area contributed by atoms with Crippen molar-refractivity contribution in [2.45, 2.75) is 64.5 Å². The molecule has 1 saturated carbocycles. The highest BCUT2D eigenvalue weighted by Gasteiger charge is 2.19. The minimum atomic E-state index is -0.915. The molecule has 0 aliphatic heterocycles. The Bertz CT molecular complexity index is 622. The Kier molecular flexibility index (Phi) is 7.62. The molecule has 0 saturated heterocycles. The molecule has 1 fully saturated rings. The Morgan fingerprint density at radius 3 is 2.69 bits per heavy atom. The summed E-state index contributed by atoms with van der Waals surface area (Å²) in [5.41, 5.74) is 0.316. The molecule has 1 aliphatic carbocycles. The fourth-order valence-corrected chi connectivity index (χ4v) is 3.21. The van der Waals surface area contributed by atoms with Crippen molar-refractivity contribution < 1.29 is 19.5 Å². The first-order valence-corrected chi connectivity index (χ1v) is 9.32. The molecule has 0 bridgehead atoms. The third-order valence-electron chi connectivity index (χ3n) is 4.67. The number of carbonyl (C=O) groups is 3. The summed E-state index contributed by atoms with van der Waals surface area (Å²) in [5.74, 6) is -2.00. The Morgan fingerprint density at radius 2 is 2.04 bits per heavy atom. The monoisotopic (exact) mass is 364 g/mol. The SMILES string of the molecule is CCCC(CNC(=O)c1cnn(CC(=O)NC2CCCCC2)c1)C(=O)O. The van der Waals surface area contributed by atoms with Gasteiger partial charge in [0.25, 0.3) is 5.91 Å². The zero-order valence-corrected chi connectivity index (χ0v) is 15.2. The molecule has 0 aromatic carbocycles. The van der Waals surface area contributed by atoms with Crippen LogP contribution in [-0.4, -0.2) is 45.3 Å². The van der Waals surface area contributed by atoms with E-state index >= 15 is 0 Å². The van der Waals surface area contributed by atoms with Gasteiger partial charge in [0.1, 0.15) is 6.54 Å². The fourth-order valence-electron chi connectivity index (χ4n) is 3.21. The van der Waals surface area contributed by atoms with Gasteiger partial charge in [0, 0.05) is 18.8 Å². The molecule has 1 atom stereocenters. The van der Waals surface area contributed by atoms with Crippen LogP contribution in [0.1, 0.15) is 62.2 Å². The number of carboxylic acids is 1. The highest BCUT2D eigenvalue weighted by Crippen LogP contribution is 2.17. The zero-order chi connectivity index (χ0) is 18.9. The van der Waals surface area contributed by atoms with Crippen LogP contribution >= 0.6 is 0 Å². The lowest BCUT2D eigenvalue weighted by molar-refractivity contribution is -0.141. The summed E-state index contributed by atoms with van der Waals surface area (Å²) in [6.45, 7) is 2.05. The van der Waals surface area contributed by atoms with E-state index in [1.165, 1.54) is 23.5 Å². The average Bonchev–Trinajstić information content (AvgIpc) is 3.07. The number of hydrogen-bond acceptors (Lipinski definition) is 4. The number of aliphatic carboxylic acids is 1. The van der Waals surface area contributed by atoms with Crippen LogP contribution in [0.25, 0.3) is 0 Å². The molecular formula is C18H28N4O4. The van der Waals surface area contributed by atoms with Gasteiger partial charge in [-0.1, -0.05) is 32.6 Å². The van der Waals surface area contributed by atoms with Crippen LogP contribution in [0.15, 0.2) is 12.4 Å². The second-order valence-corrected chi connectivity index (χ2v) is 6.86. The maximum atomic E-state index is 12.1. The highest BCUT2D eigenvalue weighted by atomic mass is 16.4. The minimum Gasteiger partial charge on any atom is -0.481 e. The molecule has 1 unspecified atom stereocenters. The second kappa shape index (κ2) is 9.94. The predicted molar refractivity (Wildman–Crippen MR) is 95.6 cm³/mol. The van der Waals surface area contributed by atoms with Crippen LogP contribution in [0.3, 0.4) is 0 Å². The lowest BCUT2D eigenvalue weighted by atomic mass is 9.95. The van der Waals surface area contributed by atoms with Gasteiger partial charge in [-0.05, 0) is 19.3 Å². The quantitative estimate of drug-likeness (QED) is 0.615. The number of amides is 2. The normalized spacial score (nSPS) is 16.0. The van der Waals surface area contributed by atoms with E-state index in [9.17, 15) is 14.4 Å². The summed E-state index contributed by atoms with van der Waals surface area (Å²) in [4.78, 5) is 35.3. The Labute approximate surface area is 153 Å². The van der Waals surface area contributed by atoms with Gasteiger partial charge in [-0.3, -0.25) is 19.1 Å². The van der Waals surface area contributed by atoms with Crippen molar-refractivity contribution in [1.82, 2.24) is 20.4 Å². The Hall–Kier alpha value is -2.38. The molecule has 2 rings (SSSR count). The van der Waals surface area contributed by atoms with Crippen LogP contribution < -0.4 is 10.6 Å². The van der Waals surface area contributed by atoms with Gasteiger partial charge in [-0.2, -0.15) is 5.10 Å². The first kappa shape index (κ1) is 19.9. The summed E-state index contributed by atoms with van der Waals surface area (Å²) in [6, 6.07) is 0.237. The maximum absolute atomic E-state index is 12.1. The molecule has 3 N–H and O–H groups in total. The minimum absolute atomic E-state index is 0.0668. The summed E-state index contributed by atoms with van der Waals surface area (Å²) in [7, 11) is 0. The molecule has 1 aromatic heterocycles. The first-order chi connectivity index (χ1) is 12.5. The van der Waals surface area contributed by atoms with E-state index in [1.54, 1.807) is 0 Å². The predicted octanol–water partition coefficient (Wildman–Crippen LogP) is 1.56. The molecule has 1 heterocycles. The standard InChI is InChI=1S/C18H28N4O4/c1-2-6-13(18(25)26)9-19-17(24)14-10-20-22(11-14)12-16(23)21-15-7-4-3-5-8-15/h10-11,13,15H,2-9,12H2,1H3,(H,19,24)(H,21,23)(H,25,26). The number of rotatable bonds is 9. The van der Waals surface area contributed by atoms with Crippen molar-refractivity contribution in [3.05, 3.63) is 18.0 Å². The smallest absolute Gasteiger partial charge is 0.308 e. The molecule has 8 nitrogen and oxygen atoms in total. The average molecular weight is 364 g/mol. The van der Waals surface area contributed by atoms with E-state index in [1.807, 2.05) is 6.92 Å². The van der Waals surface area contributed by atoms with Crippen molar-refractivity contribution in [1.29, 1.82) is 0 Å². The van der Waals surface area contributed by atoms with Crippen molar-refractivity contribution >= 4 is 17.8 Å². The van der Waals surface area contributed by atoms with E-state index < -0.39 is 11.9 Å². The molecule has 26 heavy (non-hydrogen) atoms. The lowest BCUT2D eigenvalue weighted by Crippen LogP contribution is -2.38. The number of nitrogens with one attached hydrogen (secondary N) is 2. The van der Waals surface area contributed by atoms with Gasteiger partial charge in [0.05, 0.1) is 17.7 Å². The van der Waals surface area contributed by atoms with Gasteiger partial charge < -0.3 is 15.7 Å². The molecule has 1 aromatic rings. The van der Waals surface area contributed by atoms with Gasteiger partial charge in [-0.25, -0.2) is 0 Å². The van der Waals surface area contributed by atoms with Crippen LogP contribution in [0, 0.1) is 5.92 Å². The summed E-state index contributed by atoms with van der Waals surface area (Å²) in [6.07, 6.45) is 9.69. The summed E-state index contributed by atoms with van der Waals surface area (Å²) >= 11 is 0. The van der Waals surface area contributed by atoms with Gasteiger partial charge in [-0.15, -0.1) is 0 Å². The largest absolute Gasteiger partial charge is 0.481 e. The number of aromatic nitrogens is 2. The van der Waals surface area contributed by atoms with Gasteiger partial charge in [0.2, 0.25) is 5.91 Å². The molecule has 144 valence electrons. The fraction of sp³-hybridized carbons (Fsp3) is 0.667. The van der Waals surface area contributed by atoms with Crippen LogP contribution in [0.5, 0.6) is 0 Å². The van der Waals surface area contributed by atoms with E-state index in [0.717, 1.165) is 32.1 Å².